The van der Waals surface area contributed by atoms with E-state index >= 15 is 0 Å². The summed E-state index contributed by atoms with van der Waals surface area (Å²) in [6.07, 6.45) is 4.40. The highest BCUT2D eigenvalue weighted by Gasteiger charge is 2.66. The fourth-order valence-electron chi connectivity index (χ4n) is 4.99. The fraction of sp³-hybridized carbons (Fsp3) is 0.625. The quantitative estimate of drug-likeness (QED) is 0.558. The van der Waals surface area contributed by atoms with Gasteiger partial charge in [-0.15, -0.1) is 0 Å². The largest absolute Gasteiger partial charge is 0.495 e. The second kappa shape index (κ2) is 4.89. The average Bonchev–Trinajstić information content (AvgIpc) is 2.84. The Bertz CT molecular complexity index is 546. The van der Waals surface area contributed by atoms with Gasteiger partial charge in [-0.3, -0.25) is 0 Å². The number of ether oxygens (including phenoxy) is 1. The Morgan fingerprint density at radius 3 is 2.50 bits per heavy atom. The van der Waals surface area contributed by atoms with Gasteiger partial charge in [0.1, 0.15) is 5.75 Å². The van der Waals surface area contributed by atoms with Crippen molar-refractivity contribution in [1.29, 1.82) is 0 Å². The SMILES string of the molecule is COc1c(Br)cc(Cl)cc1C(Br)C1C2C3CCC(C3)C21. The lowest BCUT2D eigenvalue weighted by atomic mass is 9.97. The summed E-state index contributed by atoms with van der Waals surface area (Å²) in [5.74, 6) is 5.57. The van der Waals surface area contributed by atoms with Gasteiger partial charge in [-0.25, -0.2) is 0 Å². The van der Waals surface area contributed by atoms with Crippen LogP contribution in [-0.4, -0.2) is 7.11 Å². The van der Waals surface area contributed by atoms with Crippen molar-refractivity contribution >= 4 is 43.5 Å². The topological polar surface area (TPSA) is 9.23 Å². The van der Waals surface area contributed by atoms with Gasteiger partial charge in [-0.1, -0.05) is 27.5 Å². The molecule has 3 aliphatic rings. The summed E-state index contributed by atoms with van der Waals surface area (Å²) >= 11 is 13.7. The molecule has 108 valence electrons. The standard InChI is InChI=1S/C16H17Br2ClO/c1-20-16-10(5-9(19)6-11(16)17)15(18)14-12-7-2-3-8(4-7)13(12)14/h5-8,12-15H,2-4H2,1H3. The van der Waals surface area contributed by atoms with Crippen LogP contribution in [0.2, 0.25) is 5.02 Å². The molecule has 3 aliphatic carbocycles. The molecule has 0 amide bonds. The third-order valence-electron chi connectivity index (χ3n) is 5.67. The Hall–Kier alpha value is 0.270. The van der Waals surface area contributed by atoms with E-state index in [1.807, 2.05) is 6.07 Å². The average molecular weight is 421 g/mol. The smallest absolute Gasteiger partial charge is 0.137 e. The minimum Gasteiger partial charge on any atom is -0.495 e. The Morgan fingerprint density at radius 2 is 1.90 bits per heavy atom. The molecule has 20 heavy (non-hydrogen) atoms. The summed E-state index contributed by atoms with van der Waals surface area (Å²) in [7, 11) is 1.73. The van der Waals surface area contributed by atoms with E-state index in [-0.39, 0.29) is 0 Å². The summed E-state index contributed by atoms with van der Waals surface area (Å²) in [5, 5.41) is 0.769. The molecule has 5 atom stereocenters. The molecule has 0 spiro atoms. The van der Waals surface area contributed by atoms with Gasteiger partial charge < -0.3 is 4.74 Å². The van der Waals surface area contributed by atoms with Gasteiger partial charge >= 0.3 is 0 Å². The minimum atomic E-state index is 0.367. The summed E-state index contributed by atoms with van der Waals surface area (Å²) in [6.45, 7) is 0. The van der Waals surface area contributed by atoms with E-state index in [1.165, 1.54) is 24.8 Å². The van der Waals surface area contributed by atoms with Gasteiger partial charge in [0.15, 0.2) is 0 Å². The third-order valence-corrected chi connectivity index (χ3v) is 7.58. The Labute approximate surface area is 141 Å². The molecule has 0 heterocycles. The van der Waals surface area contributed by atoms with Crippen LogP contribution in [-0.2, 0) is 0 Å². The molecule has 1 nitrogen and oxygen atoms in total. The van der Waals surface area contributed by atoms with Crippen LogP contribution in [0.25, 0.3) is 0 Å². The molecule has 0 saturated heterocycles. The molecule has 5 unspecified atom stereocenters. The number of hydrogen-bond acceptors (Lipinski definition) is 1. The van der Waals surface area contributed by atoms with Crippen molar-refractivity contribution < 1.29 is 4.74 Å². The second-order valence-corrected chi connectivity index (χ2v) is 8.75. The Morgan fingerprint density at radius 1 is 1.25 bits per heavy atom. The monoisotopic (exact) mass is 418 g/mol. The van der Waals surface area contributed by atoms with Gasteiger partial charge in [0, 0.05) is 15.4 Å². The van der Waals surface area contributed by atoms with Crippen LogP contribution in [0.15, 0.2) is 16.6 Å². The first-order valence-electron chi connectivity index (χ1n) is 7.28. The lowest BCUT2D eigenvalue weighted by molar-refractivity contribution is 0.400. The van der Waals surface area contributed by atoms with Crippen LogP contribution in [0, 0.1) is 29.6 Å². The zero-order valence-electron chi connectivity index (χ0n) is 11.3. The van der Waals surface area contributed by atoms with Crippen molar-refractivity contribution in [2.24, 2.45) is 29.6 Å². The number of methoxy groups -OCH3 is 1. The van der Waals surface area contributed by atoms with Crippen LogP contribution >= 0.6 is 43.5 Å². The fourth-order valence-corrected chi connectivity index (χ4v) is 7.03. The van der Waals surface area contributed by atoms with Crippen LogP contribution in [0.4, 0.5) is 0 Å². The highest BCUT2D eigenvalue weighted by Crippen LogP contribution is 2.73. The highest BCUT2D eigenvalue weighted by molar-refractivity contribution is 9.10. The Balaban J connectivity index is 1.65. The summed E-state index contributed by atoms with van der Waals surface area (Å²) < 4.78 is 6.53. The van der Waals surface area contributed by atoms with Gasteiger partial charge in [0.05, 0.1) is 11.6 Å². The normalized spacial score (nSPS) is 38.7. The predicted octanol–water partition coefficient (Wildman–Crippen LogP) is 5.84. The molecule has 2 bridgehead atoms. The van der Waals surface area contributed by atoms with Crippen molar-refractivity contribution in [3.63, 3.8) is 0 Å². The predicted molar refractivity (Wildman–Crippen MR) is 88.7 cm³/mol. The molecule has 0 radical (unpaired) electrons. The lowest BCUT2D eigenvalue weighted by Crippen LogP contribution is -2.05. The maximum Gasteiger partial charge on any atom is 0.137 e. The zero-order valence-corrected chi connectivity index (χ0v) is 15.2. The van der Waals surface area contributed by atoms with Crippen LogP contribution in [0.5, 0.6) is 5.75 Å². The highest BCUT2D eigenvalue weighted by atomic mass is 79.9. The molecule has 1 aromatic carbocycles. The van der Waals surface area contributed by atoms with E-state index in [0.29, 0.717) is 4.83 Å². The number of halogens is 3. The maximum atomic E-state index is 6.23. The molecule has 3 fully saturated rings. The van der Waals surface area contributed by atoms with E-state index < -0.39 is 0 Å². The number of fused-ring (bicyclic) bond motifs is 5. The number of alkyl halides is 1. The van der Waals surface area contributed by atoms with E-state index in [9.17, 15) is 0 Å². The number of hydrogen-bond donors (Lipinski definition) is 0. The molecule has 4 heteroatoms. The van der Waals surface area contributed by atoms with E-state index in [1.54, 1.807) is 7.11 Å². The third kappa shape index (κ3) is 1.92. The van der Waals surface area contributed by atoms with E-state index in [2.05, 4.69) is 37.9 Å². The molecule has 0 aliphatic heterocycles. The van der Waals surface area contributed by atoms with Gasteiger partial charge in [0.2, 0.25) is 0 Å². The first-order valence-corrected chi connectivity index (χ1v) is 9.37. The first kappa shape index (κ1) is 13.9. The van der Waals surface area contributed by atoms with Crippen molar-refractivity contribution in [2.75, 3.05) is 7.11 Å². The van der Waals surface area contributed by atoms with Crippen LogP contribution < -0.4 is 4.74 Å². The summed E-state index contributed by atoms with van der Waals surface area (Å²) in [5.41, 5.74) is 1.20. The van der Waals surface area contributed by atoms with E-state index in [4.69, 9.17) is 16.3 Å². The number of rotatable bonds is 3. The van der Waals surface area contributed by atoms with Gasteiger partial charge in [-0.05, 0) is 76.9 Å². The molecule has 3 saturated carbocycles. The van der Waals surface area contributed by atoms with Crippen molar-refractivity contribution in [1.82, 2.24) is 0 Å². The van der Waals surface area contributed by atoms with Crippen molar-refractivity contribution in [3.8, 4) is 5.75 Å². The molecular formula is C16H17Br2ClO. The Kier molecular flexibility index (Phi) is 3.40. The molecule has 4 rings (SSSR count). The van der Waals surface area contributed by atoms with Crippen LogP contribution in [0.1, 0.15) is 29.7 Å². The molecule has 1 aromatic rings. The maximum absolute atomic E-state index is 6.23. The summed E-state index contributed by atoms with van der Waals surface area (Å²) in [6, 6.07) is 3.96. The minimum absolute atomic E-state index is 0.367. The molecule has 0 aromatic heterocycles. The van der Waals surface area contributed by atoms with Crippen molar-refractivity contribution in [3.05, 3.63) is 27.2 Å². The van der Waals surface area contributed by atoms with Gasteiger partial charge in [0.25, 0.3) is 0 Å². The number of benzene rings is 1. The zero-order chi connectivity index (χ0) is 14.0. The second-order valence-electron chi connectivity index (χ2n) is 6.48. The van der Waals surface area contributed by atoms with Crippen molar-refractivity contribution in [2.45, 2.75) is 24.1 Å². The molecular weight excluding hydrogens is 403 g/mol. The summed E-state index contributed by atoms with van der Waals surface area (Å²) in [4.78, 5) is 0.367. The van der Waals surface area contributed by atoms with E-state index in [0.717, 1.165) is 44.8 Å². The first-order chi connectivity index (χ1) is 9.61. The van der Waals surface area contributed by atoms with Crippen LogP contribution in [0.3, 0.4) is 0 Å². The lowest BCUT2D eigenvalue weighted by Gasteiger charge is -2.19. The molecule has 0 N–H and O–H groups in total. The van der Waals surface area contributed by atoms with Gasteiger partial charge in [-0.2, -0.15) is 0 Å².